The first-order valence-electron chi connectivity index (χ1n) is 2.36. The Morgan fingerprint density at radius 2 is 1.62 bits per heavy atom. The lowest BCUT2D eigenvalue weighted by molar-refractivity contribution is 1.58. The summed E-state index contributed by atoms with van der Waals surface area (Å²) >= 11 is 0. The number of rotatable bonds is 3. The first-order valence-corrected chi connectivity index (χ1v) is 2.36. The fourth-order valence-corrected chi connectivity index (χ4v) is 0.262. The Bertz CT molecular complexity index is 104. The van der Waals surface area contributed by atoms with E-state index in [2.05, 4.69) is 6.58 Å². The van der Waals surface area contributed by atoms with Gasteiger partial charge in [-0.05, 0) is 6.08 Å². The lowest BCUT2D eigenvalue weighted by atomic mass is 10.4. The third-order valence-corrected chi connectivity index (χ3v) is 0.566. The summed E-state index contributed by atoms with van der Waals surface area (Å²) in [6, 6.07) is 0. The minimum absolute atomic E-state index is 1.23. The van der Waals surface area contributed by atoms with Gasteiger partial charge in [-0.15, -0.1) is 0 Å². The molecule has 0 unspecified atom stereocenters. The van der Waals surface area contributed by atoms with Gasteiger partial charge >= 0.3 is 0 Å². The van der Waals surface area contributed by atoms with Gasteiger partial charge in [0, 0.05) is 6.21 Å². The van der Waals surface area contributed by atoms with Crippen molar-refractivity contribution in [3.8, 4) is 0 Å². The number of allylic oxidation sites excluding steroid dienone is 5. The van der Waals surface area contributed by atoms with Crippen molar-refractivity contribution < 1.29 is 0 Å². The molecule has 0 rings (SSSR count). The third-order valence-electron chi connectivity index (χ3n) is 0.566. The molecule has 0 saturated carbocycles. The summed E-state index contributed by atoms with van der Waals surface area (Å²) in [6.07, 6.45) is 9.95. The van der Waals surface area contributed by atoms with Crippen molar-refractivity contribution in [3.05, 3.63) is 37.0 Å². The molecule has 0 amide bonds. The van der Waals surface area contributed by atoms with Crippen LogP contribution in [0.1, 0.15) is 0 Å². The Labute approximate surface area is 49.5 Å². The molecule has 8 heavy (non-hydrogen) atoms. The molecule has 0 aliphatic carbocycles. The zero-order chi connectivity index (χ0) is 6.24. The number of nitrogens with one attached hydrogen (secondary N) is 1. The molecule has 0 saturated heterocycles. The Morgan fingerprint density at radius 3 is 2.12 bits per heavy atom. The van der Waals surface area contributed by atoms with E-state index >= 15 is 0 Å². The lowest BCUT2D eigenvalue weighted by Gasteiger charge is -1.66. The Morgan fingerprint density at radius 1 is 1.00 bits per heavy atom. The normalized spacial score (nSPS) is 10.5. The van der Waals surface area contributed by atoms with Gasteiger partial charge in [-0.3, -0.25) is 0 Å². The van der Waals surface area contributed by atoms with Crippen LogP contribution in [0.25, 0.3) is 0 Å². The fraction of sp³-hybridized carbons (Fsp3) is 0. The largest absolute Gasteiger partial charge is 0.309 e. The molecular weight excluding hydrogens is 98.1 g/mol. The maximum atomic E-state index is 6.57. The molecule has 0 aromatic carbocycles. The summed E-state index contributed by atoms with van der Waals surface area (Å²) in [5, 5.41) is 6.57. The zero-order valence-corrected chi connectivity index (χ0v) is 4.67. The molecule has 0 heterocycles. The van der Waals surface area contributed by atoms with Gasteiger partial charge in [0.15, 0.2) is 0 Å². The maximum absolute atomic E-state index is 6.57. The topological polar surface area (TPSA) is 23.9 Å². The molecule has 0 aromatic heterocycles. The molecule has 1 nitrogen and oxygen atoms in total. The third kappa shape index (κ3) is 4.89. The van der Waals surface area contributed by atoms with Gasteiger partial charge in [0.2, 0.25) is 0 Å². The van der Waals surface area contributed by atoms with E-state index < -0.39 is 0 Å². The van der Waals surface area contributed by atoms with E-state index in [0.717, 1.165) is 0 Å². The van der Waals surface area contributed by atoms with E-state index in [1.807, 2.05) is 6.08 Å². The van der Waals surface area contributed by atoms with Crippen molar-refractivity contribution >= 4 is 6.21 Å². The summed E-state index contributed by atoms with van der Waals surface area (Å²) in [5.74, 6) is 0. The minimum Gasteiger partial charge on any atom is -0.309 e. The van der Waals surface area contributed by atoms with E-state index in [9.17, 15) is 0 Å². The molecule has 0 aliphatic rings. The summed E-state index contributed by atoms with van der Waals surface area (Å²) in [5.41, 5.74) is 0. The van der Waals surface area contributed by atoms with E-state index in [1.54, 1.807) is 24.3 Å². The van der Waals surface area contributed by atoms with Crippen molar-refractivity contribution in [2.24, 2.45) is 0 Å². The van der Waals surface area contributed by atoms with E-state index in [-0.39, 0.29) is 0 Å². The molecule has 0 atom stereocenters. The Hall–Kier alpha value is -1.11. The van der Waals surface area contributed by atoms with Crippen LogP contribution in [0, 0.1) is 5.41 Å². The molecule has 0 aliphatic heterocycles. The van der Waals surface area contributed by atoms with Gasteiger partial charge in [-0.25, -0.2) is 0 Å². The highest BCUT2D eigenvalue weighted by atomic mass is 14.3. The SMILES string of the molecule is C=C/C=C/C=C\C=N. The first-order chi connectivity index (χ1) is 3.91. The number of hydrogen-bond acceptors (Lipinski definition) is 1. The lowest BCUT2D eigenvalue weighted by Crippen LogP contribution is -1.52. The van der Waals surface area contributed by atoms with Crippen LogP contribution in [0.3, 0.4) is 0 Å². The quantitative estimate of drug-likeness (QED) is 0.421. The highest BCUT2D eigenvalue weighted by molar-refractivity contribution is 5.68. The van der Waals surface area contributed by atoms with E-state index in [0.29, 0.717) is 0 Å². The maximum Gasteiger partial charge on any atom is 0.0177 e. The van der Waals surface area contributed by atoms with Crippen LogP contribution in [0.15, 0.2) is 37.0 Å². The van der Waals surface area contributed by atoms with Crippen LogP contribution in [0.5, 0.6) is 0 Å². The molecule has 1 N–H and O–H groups in total. The smallest absolute Gasteiger partial charge is 0.0177 e. The second-order valence-electron chi connectivity index (χ2n) is 1.17. The van der Waals surface area contributed by atoms with Crippen molar-refractivity contribution in [1.29, 1.82) is 5.41 Å². The van der Waals surface area contributed by atoms with Crippen LogP contribution in [0.4, 0.5) is 0 Å². The monoisotopic (exact) mass is 107 g/mol. The van der Waals surface area contributed by atoms with Gasteiger partial charge in [0.25, 0.3) is 0 Å². The molecule has 0 spiro atoms. The Kier molecular flexibility index (Phi) is 5.07. The standard InChI is InChI=1S/C7H9N/c1-2-3-4-5-6-7-8/h2-8H,1H2/b4-3+,6-5-,8-7?. The summed E-state index contributed by atoms with van der Waals surface area (Å²) < 4.78 is 0. The second-order valence-corrected chi connectivity index (χ2v) is 1.17. The van der Waals surface area contributed by atoms with Crippen molar-refractivity contribution in [2.45, 2.75) is 0 Å². The highest BCUT2D eigenvalue weighted by Gasteiger charge is 1.55. The van der Waals surface area contributed by atoms with Crippen molar-refractivity contribution in [3.63, 3.8) is 0 Å². The van der Waals surface area contributed by atoms with Crippen molar-refractivity contribution in [2.75, 3.05) is 0 Å². The summed E-state index contributed by atoms with van der Waals surface area (Å²) in [7, 11) is 0. The van der Waals surface area contributed by atoms with Crippen LogP contribution >= 0.6 is 0 Å². The predicted octanol–water partition coefficient (Wildman–Crippen LogP) is 1.93. The average Bonchev–Trinajstić information content (AvgIpc) is 1.81. The molecule has 42 valence electrons. The summed E-state index contributed by atoms with van der Waals surface area (Å²) in [4.78, 5) is 0. The van der Waals surface area contributed by atoms with Crippen molar-refractivity contribution in [1.82, 2.24) is 0 Å². The highest BCUT2D eigenvalue weighted by Crippen LogP contribution is 1.73. The van der Waals surface area contributed by atoms with Gasteiger partial charge in [-0.2, -0.15) is 0 Å². The van der Waals surface area contributed by atoms with E-state index in [4.69, 9.17) is 5.41 Å². The predicted molar refractivity (Wildman–Crippen MR) is 37.3 cm³/mol. The first kappa shape index (κ1) is 6.89. The van der Waals surface area contributed by atoms with Crippen LogP contribution in [-0.2, 0) is 0 Å². The summed E-state index contributed by atoms with van der Waals surface area (Å²) in [6.45, 7) is 3.48. The minimum atomic E-state index is 1.23. The van der Waals surface area contributed by atoms with Crippen LogP contribution in [0.2, 0.25) is 0 Å². The second kappa shape index (κ2) is 5.89. The molecule has 0 fully saturated rings. The van der Waals surface area contributed by atoms with E-state index in [1.165, 1.54) is 6.21 Å². The molecule has 0 radical (unpaired) electrons. The zero-order valence-electron chi connectivity index (χ0n) is 4.67. The molecule has 0 bridgehead atoms. The van der Waals surface area contributed by atoms with Gasteiger partial charge in [-0.1, -0.05) is 30.9 Å². The Balaban J connectivity index is 3.41. The average molecular weight is 107 g/mol. The molecule has 1 heteroatoms. The number of hydrogen-bond donors (Lipinski definition) is 1. The van der Waals surface area contributed by atoms with Crippen LogP contribution < -0.4 is 0 Å². The van der Waals surface area contributed by atoms with Gasteiger partial charge < -0.3 is 5.41 Å². The molecular formula is C7H9N. The van der Waals surface area contributed by atoms with Gasteiger partial charge in [0.05, 0.1) is 0 Å². The molecule has 0 aromatic rings. The van der Waals surface area contributed by atoms with Gasteiger partial charge in [0.1, 0.15) is 0 Å². The van der Waals surface area contributed by atoms with Crippen LogP contribution in [-0.4, -0.2) is 6.21 Å². The fourth-order valence-electron chi connectivity index (χ4n) is 0.262.